The van der Waals surface area contributed by atoms with Crippen molar-refractivity contribution in [1.82, 2.24) is 0 Å². The molecule has 0 N–H and O–H groups in total. The molecule has 0 saturated heterocycles. The van der Waals surface area contributed by atoms with Crippen LogP contribution >= 0.6 is 0 Å². The third kappa shape index (κ3) is 0. The second-order valence-corrected chi connectivity index (χ2v) is 2.12. The van der Waals surface area contributed by atoms with Gasteiger partial charge in [-0.25, -0.2) is 0 Å². The fourth-order valence-electron chi connectivity index (χ4n) is 0. The molecule has 90 valence electrons. The van der Waals surface area contributed by atoms with E-state index in [2.05, 4.69) is 41.5 Å². The Hall–Kier alpha value is 0. The Bertz CT molecular complexity index is 4.75. The molecule has 0 aliphatic heterocycles. The van der Waals surface area contributed by atoms with E-state index in [1.165, 1.54) is 19.3 Å². The molecule has 0 nitrogen and oxygen atoms in total. The van der Waals surface area contributed by atoms with Crippen molar-refractivity contribution in [2.24, 2.45) is 0 Å². The van der Waals surface area contributed by atoms with Crippen LogP contribution in [-0.2, 0) is 0 Å². The Balaban J connectivity index is -0.0000000121. The molecule has 0 unspecified atom stereocenters. The highest BCUT2D eigenvalue weighted by atomic mass is 13.4. The molecule has 0 atom stereocenters. The first-order valence-electron chi connectivity index (χ1n) is 5.24. The number of hydrogen-bond donors (Lipinski definition) is 0. The molecule has 0 heteroatoms. The molecule has 0 aliphatic rings. The third-order valence-electron chi connectivity index (χ3n) is 0. The van der Waals surface area contributed by atoms with E-state index in [0.29, 0.717) is 0 Å². The van der Waals surface area contributed by atoms with E-state index in [-0.39, 0.29) is 14.9 Å². The maximum absolute atomic E-state index is 2.12. The largest absolute Gasteiger partial charge is 0.0776 e. The summed E-state index contributed by atoms with van der Waals surface area (Å²) in [4.78, 5) is 0. The lowest BCUT2D eigenvalue weighted by Gasteiger charge is -1.48. The first-order chi connectivity index (χ1) is 5.24. The van der Waals surface area contributed by atoms with Crippen molar-refractivity contribution in [3.05, 3.63) is 0 Å². The Labute approximate surface area is 90.1 Å². The SMILES string of the molecule is C.C.CC.CCC.CCC.CCC. The normalized spacial score (nSPS) is 4.62. The first kappa shape index (κ1) is 38.2. The molecular weight excluding hydrogens is 156 g/mol. The van der Waals surface area contributed by atoms with Gasteiger partial charge in [-0.3, -0.25) is 0 Å². The van der Waals surface area contributed by atoms with Crippen molar-refractivity contribution in [2.75, 3.05) is 0 Å². The zero-order chi connectivity index (χ0) is 10.1. The van der Waals surface area contributed by atoms with Crippen LogP contribution in [0.3, 0.4) is 0 Å². The molecule has 0 spiro atoms. The molecule has 13 heavy (non-hydrogen) atoms. The lowest BCUT2D eigenvalue weighted by Crippen LogP contribution is -1.27. The second-order valence-electron chi connectivity index (χ2n) is 2.12. The third-order valence-corrected chi connectivity index (χ3v) is 0. The summed E-state index contributed by atoms with van der Waals surface area (Å²) < 4.78 is 0. The van der Waals surface area contributed by atoms with Crippen LogP contribution < -0.4 is 0 Å². The van der Waals surface area contributed by atoms with Gasteiger partial charge in [0.1, 0.15) is 0 Å². The van der Waals surface area contributed by atoms with Gasteiger partial charge in [-0.1, -0.05) is 89.5 Å². The topological polar surface area (TPSA) is 0 Å². The fourth-order valence-corrected chi connectivity index (χ4v) is 0. The van der Waals surface area contributed by atoms with Gasteiger partial charge in [-0.05, 0) is 0 Å². The van der Waals surface area contributed by atoms with Crippen molar-refractivity contribution >= 4 is 0 Å². The molecule has 0 saturated carbocycles. The molecule has 0 aromatic heterocycles. The van der Waals surface area contributed by atoms with Crippen LogP contribution in [0.2, 0.25) is 0 Å². The molecule has 0 aliphatic carbocycles. The van der Waals surface area contributed by atoms with Gasteiger partial charge in [0.25, 0.3) is 0 Å². The van der Waals surface area contributed by atoms with E-state index in [1.54, 1.807) is 0 Å². The lowest BCUT2D eigenvalue weighted by atomic mass is 10.6. The maximum atomic E-state index is 2.12. The fraction of sp³-hybridized carbons (Fsp3) is 1.00. The van der Waals surface area contributed by atoms with Gasteiger partial charge >= 0.3 is 0 Å². The summed E-state index contributed by atoms with van der Waals surface area (Å²) >= 11 is 0. The number of rotatable bonds is 0. The van der Waals surface area contributed by atoms with Gasteiger partial charge in [0, 0.05) is 0 Å². The smallest absolute Gasteiger partial charge is 0.0590 e. The minimum atomic E-state index is 0. The van der Waals surface area contributed by atoms with Gasteiger partial charge < -0.3 is 0 Å². The summed E-state index contributed by atoms with van der Waals surface area (Å²) in [6.45, 7) is 16.8. The summed E-state index contributed by atoms with van der Waals surface area (Å²) in [5.74, 6) is 0. The monoisotopic (exact) mass is 194 g/mol. The summed E-state index contributed by atoms with van der Waals surface area (Å²) in [5.41, 5.74) is 0. The summed E-state index contributed by atoms with van der Waals surface area (Å²) in [7, 11) is 0. The first-order valence-corrected chi connectivity index (χ1v) is 5.24. The van der Waals surface area contributed by atoms with Gasteiger partial charge in [-0.15, -0.1) is 0 Å². The van der Waals surface area contributed by atoms with Crippen LogP contribution in [0.4, 0.5) is 0 Å². The molecule has 0 aromatic carbocycles. The standard InChI is InChI=1S/3C3H8.C2H6.2CH4/c3*1-3-2;1-2;;/h3*3H2,1-2H3;1-2H3;2*1H4. The van der Waals surface area contributed by atoms with Crippen molar-refractivity contribution in [3.63, 3.8) is 0 Å². The van der Waals surface area contributed by atoms with E-state index in [9.17, 15) is 0 Å². The Kier molecular flexibility index (Phi) is 474. The summed E-state index contributed by atoms with van der Waals surface area (Å²) in [6, 6.07) is 0. The maximum Gasteiger partial charge on any atom is -0.0590 e. The summed E-state index contributed by atoms with van der Waals surface area (Å²) in [5, 5.41) is 0. The average Bonchev–Trinajstić information content (AvgIpc) is 1.96. The van der Waals surface area contributed by atoms with Crippen molar-refractivity contribution in [3.8, 4) is 0 Å². The molecular formula is C13H38. The van der Waals surface area contributed by atoms with Crippen LogP contribution in [0.5, 0.6) is 0 Å². The van der Waals surface area contributed by atoms with Gasteiger partial charge in [-0.2, -0.15) is 0 Å². The predicted octanol–water partition coefficient (Wildman–Crippen LogP) is 6.55. The van der Waals surface area contributed by atoms with Crippen LogP contribution in [0.25, 0.3) is 0 Å². The van der Waals surface area contributed by atoms with E-state index >= 15 is 0 Å². The van der Waals surface area contributed by atoms with Crippen LogP contribution in [-0.4, -0.2) is 0 Å². The van der Waals surface area contributed by atoms with Crippen LogP contribution in [0.1, 0.15) is 89.5 Å². The molecule has 0 radical (unpaired) electrons. The summed E-state index contributed by atoms with van der Waals surface area (Å²) in [6.07, 6.45) is 3.75. The zero-order valence-corrected chi connectivity index (χ0v) is 10.1. The zero-order valence-electron chi connectivity index (χ0n) is 10.1. The molecule has 0 bridgehead atoms. The van der Waals surface area contributed by atoms with Crippen molar-refractivity contribution in [1.29, 1.82) is 0 Å². The quantitative estimate of drug-likeness (QED) is 0.410. The van der Waals surface area contributed by atoms with Crippen LogP contribution in [0, 0.1) is 0 Å². The minimum Gasteiger partial charge on any atom is -0.0776 e. The number of hydrogen-bond acceptors (Lipinski definition) is 0. The average molecular weight is 194 g/mol. The van der Waals surface area contributed by atoms with Crippen molar-refractivity contribution < 1.29 is 0 Å². The van der Waals surface area contributed by atoms with E-state index in [4.69, 9.17) is 0 Å². The van der Waals surface area contributed by atoms with Gasteiger partial charge in [0.15, 0.2) is 0 Å². The lowest BCUT2D eigenvalue weighted by molar-refractivity contribution is 1.09. The molecule has 0 heterocycles. The molecule has 0 amide bonds. The van der Waals surface area contributed by atoms with E-state index < -0.39 is 0 Å². The van der Waals surface area contributed by atoms with Crippen molar-refractivity contribution in [2.45, 2.75) is 89.5 Å². The second kappa shape index (κ2) is 161. The molecule has 0 aromatic rings. The Morgan fingerprint density at radius 3 is 0.462 bits per heavy atom. The highest BCUT2D eigenvalue weighted by Crippen LogP contribution is 1.56. The van der Waals surface area contributed by atoms with Crippen LogP contribution in [0.15, 0.2) is 0 Å². The Morgan fingerprint density at radius 1 is 0.462 bits per heavy atom. The van der Waals surface area contributed by atoms with Gasteiger partial charge in [0.2, 0.25) is 0 Å². The van der Waals surface area contributed by atoms with E-state index in [1.807, 2.05) is 13.8 Å². The highest BCUT2D eigenvalue weighted by molar-refractivity contribution is 3.92. The Morgan fingerprint density at radius 2 is 0.462 bits per heavy atom. The van der Waals surface area contributed by atoms with E-state index in [0.717, 1.165) is 0 Å². The molecule has 0 rings (SSSR count). The predicted molar refractivity (Wildman–Crippen MR) is 72.7 cm³/mol. The molecule has 0 fully saturated rings. The van der Waals surface area contributed by atoms with Gasteiger partial charge in [0.05, 0.1) is 0 Å². The minimum absolute atomic E-state index is 0. The highest BCUT2D eigenvalue weighted by Gasteiger charge is 1.36.